The van der Waals surface area contributed by atoms with Crippen molar-refractivity contribution in [3.63, 3.8) is 0 Å². The first-order valence-electron chi connectivity index (χ1n) is 11.2. The van der Waals surface area contributed by atoms with Crippen molar-refractivity contribution in [3.8, 4) is 5.75 Å². The van der Waals surface area contributed by atoms with Gasteiger partial charge in [0.15, 0.2) is 17.2 Å². The molecule has 2 aromatic carbocycles. The third kappa shape index (κ3) is 6.41. The summed E-state index contributed by atoms with van der Waals surface area (Å²) in [6.45, 7) is 19.8. The third-order valence-corrected chi connectivity index (χ3v) is 5.74. The summed E-state index contributed by atoms with van der Waals surface area (Å²) in [5.41, 5.74) is 5.85. The van der Waals surface area contributed by atoms with Gasteiger partial charge in [-0.05, 0) is 112 Å². The summed E-state index contributed by atoms with van der Waals surface area (Å²) in [5, 5.41) is 0. The number of carbonyl (C=O) groups is 2. The smallest absolute Gasteiger partial charge is 0.186 e. The highest BCUT2D eigenvalue weighted by Crippen LogP contribution is 2.31. The molecule has 0 amide bonds. The van der Waals surface area contributed by atoms with Crippen molar-refractivity contribution in [2.75, 3.05) is 0 Å². The van der Waals surface area contributed by atoms with Gasteiger partial charge < -0.3 is 4.74 Å². The van der Waals surface area contributed by atoms with E-state index in [4.69, 9.17) is 4.74 Å². The fraction of sp³-hybridized carbons (Fsp3) is 0.448. The molecule has 0 aromatic heterocycles. The summed E-state index contributed by atoms with van der Waals surface area (Å²) >= 11 is 0. The molecule has 0 bridgehead atoms. The lowest BCUT2D eigenvalue weighted by molar-refractivity contribution is -0.133. The highest BCUT2D eigenvalue weighted by Gasteiger charge is 2.33. The molecule has 3 heteroatoms. The maximum Gasteiger partial charge on any atom is 0.186 e. The number of ether oxygens (including phenoxy) is 1. The SMILES string of the molecule is Cc1cc(C)c(C(=O)/C=C/c2cc(C)c(OC(C)(C)C(=O)CC(C)(C)C)c(C)c2)cc1C. The Balaban J connectivity index is 2.25. The molecule has 0 spiro atoms. The van der Waals surface area contributed by atoms with Crippen LogP contribution < -0.4 is 4.74 Å². The Morgan fingerprint density at radius 3 is 1.84 bits per heavy atom. The van der Waals surface area contributed by atoms with E-state index in [-0.39, 0.29) is 17.0 Å². The van der Waals surface area contributed by atoms with Gasteiger partial charge in [-0.1, -0.05) is 32.9 Å². The van der Waals surface area contributed by atoms with Gasteiger partial charge in [-0.2, -0.15) is 0 Å². The zero-order chi connectivity index (χ0) is 24.4. The number of Topliss-reactive ketones (excluding diaryl/α,β-unsaturated/α-hetero) is 1. The average molecular weight is 435 g/mol. The van der Waals surface area contributed by atoms with Crippen molar-refractivity contribution in [1.82, 2.24) is 0 Å². The number of rotatable bonds is 7. The molecule has 0 atom stereocenters. The first-order chi connectivity index (χ1) is 14.6. The van der Waals surface area contributed by atoms with Crippen molar-refractivity contribution in [1.29, 1.82) is 0 Å². The molecule has 0 aliphatic heterocycles. The third-order valence-electron chi connectivity index (χ3n) is 5.74. The van der Waals surface area contributed by atoms with Gasteiger partial charge in [0, 0.05) is 12.0 Å². The van der Waals surface area contributed by atoms with E-state index < -0.39 is 5.60 Å². The van der Waals surface area contributed by atoms with Crippen LogP contribution in [0, 0.1) is 40.0 Å². The second-order valence-corrected chi connectivity index (χ2v) is 10.7. The Labute approximate surface area is 193 Å². The van der Waals surface area contributed by atoms with Crippen LogP contribution in [0.1, 0.15) is 84.8 Å². The van der Waals surface area contributed by atoms with Crippen molar-refractivity contribution in [2.24, 2.45) is 5.41 Å². The van der Waals surface area contributed by atoms with E-state index in [0.717, 1.165) is 39.1 Å². The molecule has 0 heterocycles. The van der Waals surface area contributed by atoms with Crippen LogP contribution in [0.4, 0.5) is 0 Å². The molecule has 172 valence electrons. The van der Waals surface area contributed by atoms with Gasteiger partial charge >= 0.3 is 0 Å². The number of hydrogen-bond acceptors (Lipinski definition) is 3. The molecule has 0 aliphatic carbocycles. The number of hydrogen-bond donors (Lipinski definition) is 0. The van der Waals surface area contributed by atoms with Gasteiger partial charge in [-0.15, -0.1) is 0 Å². The summed E-state index contributed by atoms with van der Waals surface area (Å²) < 4.78 is 6.22. The normalized spacial score (nSPS) is 12.3. The number of aryl methyl sites for hydroxylation is 5. The lowest BCUT2D eigenvalue weighted by Crippen LogP contribution is -2.40. The molecule has 0 radical (unpaired) electrons. The van der Waals surface area contributed by atoms with Crippen LogP contribution in [0.15, 0.2) is 30.3 Å². The molecule has 3 nitrogen and oxygen atoms in total. The highest BCUT2D eigenvalue weighted by molar-refractivity contribution is 6.08. The summed E-state index contributed by atoms with van der Waals surface area (Å²) in [7, 11) is 0. The van der Waals surface area contributed by atoms with Gasteiger partial charge in [-0.25, -0.2) is 0 Å². The van der Waals surface area contributed by atoms with Crippen LogP contribution in [-0.2, 0) is 4.79 Å². The standard InChI is InChI=1S/C29H38O3/c1-18-13-20(3)24(16-19(18)2)25(30)12-11-23-14-21(4)27(22(5)15-23)32-29(9,10)26(31)17-28(6,7)8/h11-16H,17H2,1-10H3/b12-11+. The van der Waals surface area contributed by atoms with Gasteiger partial charge in [0.1, 0.15) is 5.75 Å². The van der Waals surface area contributed by atoms with E-state index in [1.165, 1.54) is 5.56 Å². The molecule has 2 rings (SSSR count). The van der Waals surface area contributed by atoms with Crippen molar-refractivity contribution >= 4 is 17.6 Å². The van der Waals surface area contributed by atoms with Crippen LogP contribution in [0.5, 0.6) is 5.75 Å². The largest absolute Gasteiger partial charge is 0.480 e. The fourth-order valence-electron chi connectivity index (χ4n) is 3.74. The quantitative estimate of drug-likeness (QED) is 0.339. The summed E-state index contributed by atoms with van der Waals surface area (Å²) in [6, 6.07) is 7.99. The van der Waals surface area contributed by atoms with E-state index in [2.05, 4.69) is 33.8 Å². The molecular formula is C29H38O3. The first-order valence-corrected chi connectivity index (χ1v) is 11.2. The van der Waals surface area contributed by atoms with E-state index in [9.17, 15) is 9.59 Å². The predicted octanol–water partition coefficient (Wildman–Crippen LogP) is 7.29. The average Bonchev–Trinajstić information content (AvgIpc) is 2.64. The van der Waals surface area contributed by atoms with E-state index >= 15 is 0 Å². The lowest BCUT2D eigenvalue weighted by Gasteiger charge is -2.30. The zero-order valence-electron chi connectivity index (χ0n) is 21.4. The fourth-order valence-corrected chi connectivity index (χ4v) is 3.74. The van der Waals surface area contributed by atoms with E-state index in [1.807, 2.05) is 65.8 Å². The van der Waals surface area contributed by atoms with Gasteiger partial charge in [0.2, 0.25) is 0 Å². The van der Waals surface area contributed by atoms with Crippen LogP contribution in [0.25, 0.3) is 6.08 Å². The van der Waals surface area contributed by atoms with Gasteiger partial charge in [0.25, 0.3) is 0 Å². The molecule has 32 heavy (non-hydrogen) atoms. The highest BCUT2D eigenvalue weighted by atomic mass is 16.5. The Bertz CT molecular complexity index is 1040. The molecule has 0 saturated carbocycles. The van der Waals surface area contributed by atoms with Crippen LogP contribution in [0.3, 0.4) is 0 Å². The minimum Gasteiger partial charge on any atom is -0.480 e. The second-order valence-electron chi connectivity index (χ2n) is 10.7. The second kappa shape index (κ2) is 9.44. The van der Waals surface area contributed by atoms with Gasteiger partial charge in [-0.3, -0.25) is 9.59 Å². The van der Waals surface area contributed by atoms with E-state index in [0.29, 0.717) is 6.42 Å². The number of ketones is 2. The minimum absolute atomic E-state index is 0.00450. The molecule has 0 fully saturated rings. The molecule has 0 aliphatic rings. The topological polar surface area (TPSA) is 43.4 Å². The summed E-state index contributed by atoms with van der Waals surface area (Å²) in [5.74, 6) is 0.808. The Kier molecular flexibility index (Phi) is 7.55. The number of carbonyl (C=O) groups excluding carboxylic acids is 2. The maximum atomic E-state index is 12.8. The van der Waals surface area contributed by atoms with Crippen molar-refractivity contribution < 1.29 is 14.3 Å². The lowest BCUT2D eigenvalue weighted by atomic mass is 9.85. The first kappa shape index (κ1) is 25.6. The number of benzene rings is 2. The van der Waals surface area contributed by atoms with Crippen LogP contribution in [0.2, 0.25) is 0 Å². The van der Waals surface area contributed by atoms with Crippen LogP contribution in [-0.4, -0.2) is 17.2 Å². The van der Waals surface area contributed by atoms with Gasteiger partial charge in [0.05, 0.1) is 0 Å². The summed E-state index contributed by atoms with van der Waals surface area (Å²) in [4.78, 5) is 25.6. The van der Waals surface area contributed by atoms with Crippen molar-refractivity contribution in [3.05, 3.63) is 69.3 Å². The zero-order valence-corrected chi connectivity index (χ0v) is 21.4. The molecular weight excluding hydrogens is 396 g/mol. The Morgan fingerprint density at radius 1 is 0.781 bits per heavy atom. The molecule has 0 unspecified atom stereocenters. The number of allylic oxidation sites excluding steroid dienone is 1. The maximum absolute atomic E-state index is 12.8. The summed E-state index contributed by atoms with van der Waals surface area (Å²) in [6.07, 6.45) is 3.93. The molecule has 2 aromatic rings. The predicted molar refractivity (Wildman–Crippen MR) is 134 cm³/mol. The Hall–Kier alpha value is -2.68. The van der Waals surface area contributed by atoms with Crippen molar-refractivity contribution in [2.45, 2.75) is 81.3 Å². The van der Waals surface area contributed by atoms with E-state index in [1.54, 1.807) is 6.08 Å². The molecule has 0 saturated heterocycles. The van der Waals surface area contributed by atoms with Crippen LogP contribution >= 0.6 is 0 Å². The molecule has 0 N–H and O–H groups in total. The Morgan fingerprint density at radius 2 is 1.31 bits per heavy atom. The monoisotopic (exact) mass is 434 g/mol. The minimum atomic E-state index is -0.906.